The molecule has 0 aliphatic carbocycles. The van der Waals surface area contributed by atoms with E-state index in [-0.39, 0.29) is 11.2 Å². The molecule has 2 rings (SSSR count). The number of hydrogen-bond donors (Lipinski definition) is 1. The van der Waals surface area contributed by atoms with Gasteiger partial charge in [0, 0.05) is 5.56 Å². The molecular weight excluding hydrogens is 244 g/mol. The number of rotatable bonds is 3. The molecule has 17 heavy (non-hydrogen) atoms. The predicted molar refractivity (Wildman–Crippen MR) is 61.1 cm³/mol. The standard InChI is InChI=1S/C11H11ClN2O3/c1-6-8(9(15)7-4-3-5-17-7)10(12)14-11(13-6)16-2/h3-5,9,15H,1-2H3. The van der Waals surface area contributed by atoms with Crippen molar-refractivity contribution in [1.29, 1.82) is 0 Å². The zero-order valence-electron chi connectivity index (χ0n) is 9.35. The Balaban J connectivity index is 2.45. The lowest BCUT2D eigenvalue weighted by Crippen LogP contribution is -2.06. The second-order valence-corrected chi connectivity index (χ2v) is 3.78. The van der Waals surface area contributed by atoms with Crippen LogP contribution in [0.2, 0.25) is 5.15 Å². The number of aliphatic hydroxyl groups excluding tert-OH is 1. The van der Waals surface area contributed by atoms with Gasteiger partial charge >= 0.3 is 6.01 Å². The van der Waals surface area contributed by atoms with Crippen LogP contribution in [0.25, 0.3) is 0 Å². The summed E-state index contributed by atoms with van der Waals surface area (Å²) in [6.45, 7) is 1.72. The molecule has 0 aliphatic rings. The van der Waals surface area contributed by atoms with Gasteiger partial charge in [-0.05, 0) is 19.1 Å². The van der Waals surface area contributed by atoms with E-state index in [1.165, 1.54) is 13.4 Å². The average Bonchev–Trinajstić information content (AvgIpc) is 2.81. The molecule has 2 aromatic heterocycles. The summed E-state index contributed by atoms with van der Waals surface area (Å²) in [4.78, 5) is 7.98. The van der Waals surface area contributed by atoms with E-state index in [1.54, 1.807) is 19.1 Å². The Morgan fingerprint density at radius 1 is 1.47 bits per heavy atom. The Morgan fingerprint density at radius 2 is 2.24 bits per heavy atom. The van der Waals surface area contributed by atoms with Crippen LogP contribution < -0.4 is 4.74 Å². The molecule has 2 heterocycles. The highest BCUT2D eigenvalue weighted by molar-refractivity contribution is 6.30. The van der Waals surface area contributed by atoms with Crippen LogP contribution in [-0.2, 0) is 0 Å². The summed E-state index contributed by atoms with van der Waals surface area (Å²) in [5.41, 5.74) is 0.966. The van der Waals surface area contributed by atoms with Crippen molar-refractivity contribution in [1.82, 2.24) is 9.97 Å². The first-order valence-corrected chi connectivity index (χ1v) is 5.30. The molecule has 2 aromatic rings. The Morgan fingerprint density at radius 3 is 2.76 bits per heavy atom. The second kappa shape index (κ2) is 4.73. The lowest BCUT2D eigenvalue weighted by Gasteiger charge is -2.12. The van der Waals surface area contributed by atoms with Crippen molar-refractivity contribution in [3.8, 4) is 6.01 Å². The van der Waals surface area contributed by atoms with Gasteiger partial charge < -0.3 is 14.3 Å². The Kier molecular flexibility index (Phi) is 3.31. The minimum atomic E-state index is -0.983. The van der Waals surface area contributed by atoms with E-state index in [0.29, 0.717) is 17.0 Å². The first-order chi connectivity index (χ1) is 8.13. The van der Waals surface area contributed by atoms with Gasteiger partial charge in [-0.3, -0.25) is 0 Å². The van der Waals surface area contributed by atoms with Gasteiger partial charge in [-0.25, -0.2) is 4.98 Å². The highest BCUT2D eigenvalue weighted by Gasteiger charge is 2.21. The molecule has 0 spiro atoms. The number of aliphatic hydroxyl groups is 1. The summed E-state index contributed by atoms with van der Waals surface area (Å²) in [5.74, 6) is 0.392. The number of aryl methyl sites for hydroxylation is 1. The first-order valence-electron chi connectivity index (χ1n) is 4.93. The third-order valence-corrected chi connectivity index (χ3v) is 2.63. The van der Waals surface area contributed by atoms with E-state index >= 15 is 0 Å². The molecule has 1 unspecified atom stereocenters. The third kappa shape index (κ3) is 2.25. The van der Waals surface area contributed by atoms with Gasteiger partial charge in [0.1, 0.15) is 17.0 Å². The molecule has 0 fully saturated rings. The van der Waals surface area contributed by atoms with E-state index in [0.717, 1.165) is 0 Å². The minimum Gasteiger partial charge on any atom is -0.467 e. The van der Waals surface area contributed by atoms with Crippen LogP contribution in [0.4, 0.5) is 0 Å². The van der Waals surface area contributed by atoms with E-state index in [2.05, 4.69) is 9.97 Å². The molecule has 1 atom stereocenters. The molecule has 0 aliphatic heterocycles. The van der Waals surface area contributed by atoms with Crippen LogP contribution in [0.1, 0.15) is 23.1 Å². The molecule has 6 heteroatoms. The summed E-state index contributed by atoms with van der Waals surface area (Å²) >= 11 is 5.99. The van der Waals surface area contributed by atoms with E-state index < -0.39 is 6.10 Å². The fourth-order valence-electron chi connectivity index (χ4n) is 1.51. The van der Waals surface area contributed by atoms with Crippen molar-refractivity contribution in [3.63, 3.8) is 0 Å². The highest BCUT2D eigenvalue weighted by Crippen LogP contribution is 2.30. The number of hydrogen-bond acceptors (Lipinski definition) is 5. The number of methoxy groups -OCH3 is 1. The van der Waals surface area contributed by atoms with Crippen molar-refractivity contribution in [2.24, 2.45) is 0 Å². The number of aromatic nitrogens is 2. The molecule has 0 amide bonds. The largest absolute Gasteiger partial charge is 0.467 e. The highest BCUT2D eigenvalue weighted by atomic mass is 35.5. The van der Waals surface area contributed by atoms with Crippen molar-refractivity contribution in [3.05, 3.63) is 40.6 Å². The zero-order valence-corrected chi connectivity index (χ0v) is 10.1. The maximum absolute atomic E-state index is 10.1. The SMILES string of the molecule is COc1nc(C)c(C(O)c2ccco2)c(Cl)n1. The second-order valence-electron chi connectivity index (χ2n) is 3.42. The van der Waals surface area contributed by atoms with Crippen LogP contribution >= 0.6 is 11.6 Å². The summed E-state index contributed by atoms with van der Waals surface area (Å²) < 4.78 is 10.0. The third-order valence-electron chi connectivity index (χ3n) is 2.34. The Labute approximate surface area is 103 Å². The lowest BCUT2D eigenvalue weighted by molar-refractivity contribution is 0.187. The fraction of sp³-hybridized carbons (Fsp3) is 0.273. The molecule has 0 aromatic carbocycles. The molecule has 90 valence electrons. The van der Waals surface area contributed by atoms with E-state index in [4.69, 9.17) is 20.8 Å². The van der Waals surface area contributed by atoms with Gasteiger partial charge in [-0.1, -0.05) is 11.6 Å². The van der Waals surface area contributed by atoms with Gasteiger partial charge in [0.15, 0.2) is 0 Å². The van der Waals surface area contributed by atoms with Crippen LogP contribution in [0.15, 0.2) is 22.8 Å². The molecule has 0 bridgehead atoms. The summed E-state index contributed by atoms with van der Waals surface area (Å²) in [5, 5.41) is 10.3. The van der Waals surface area contributed by atoms with Crippen molar-refractivity contribution < 1.29 is 14.3 Å². The quantitative estimate of drug-likeness (QED) is 0.850. The normalized spacial score (nSPS) is 12.5. The van der Waals surface area contributed by atoms with Gasteiger partial charge in [-0.15, -0.1) is 0 Å². The number of ether oxygens (including phenoxy) is 1. The van der Waals surface area contributed by atoms with Crippen LogP contribution in [0.3, 0.4) is 0 Å². The monoisotopic (exact) mass is 254 g/mol. The Bertz CT molecular complexity index is 490. The molecule has 1 N–H and O–H groups in total. The molecule has 0 saturated carbocycles. The predicted octanol–water partition coefficient (Wildman–Crippen LogP) is 2.12. The number of furan rings is 1. The van der Waals surface area contributed by atoms with Crippen LogP contribution in [-0.4, -0.2) is 22.2 Å². The molecular formula is C11H11ClN2O3. The Hall–Kier alpha value is -1.59. The minimum absolute atomic E-state index is 0.151. The maximum atomic E-state index is 10.1. The summed E-state index contributed by atoms with van der Waals surface area (Å²) in [6, 6.07) is 3.51. The van der Waals surface area contributed by atoms with E-state index in [1.807, 2.05) is 0 Å². The topological polar surface area (TPSA) is 68.4 Å². The van der Waals surface area contributed by atoms with Crippen LogP contribution in [0, 0.1) is 6.92 Å². The van der Waals surface area contributed by atoms with Crippen molar-refractivity contribution >= 4 is 11.6 Å². The fourth-order valence-corrected chi connectivity index (χ4v) is 1.83. The smallest absolute Gasteiger partial charge is 0.317 e. The summed E-state index contributed by atoms with van der Waals surface area (Å²) in [7, 11) is 1.45. The molecule has 5 nitrogen and oxygen atoms in total. The zero-order chi connectivity index (χ0) is 12.4. The van der Waals surface area contributed by atoms with Gasteiger partial charge in [0.25, 0.3) is 0 Å². The molecule has 0 radical (unpaired) electrons. The van der Waals surface area contributed by atoms with Gasteiger partial charge in [0.2, 0.25) is 0 Å². The van der Waals surface area contributed by atoms with Gasteiger partial charge in [0.05, 0.1) is 19.1 Å². The van der Waals surface area contributed by atoms with E-state index in [9.17, 15) is 5.11 Å². The number of halogens is 1. The summed E-state index contributed by atoms with van der Waals surface area (Å²) in [6.07, 6.45) is 0.495. The van der Waals surface area contributed by atoms with Crippen molar-refractivity contribution in [2.75, 3.05) is 7.11 Å². The van der Waals surface area contributed by atoms with Gasteiger partial charge in [-0.2, -0.15) is 4.98 Å². The average molecular weight is 255 g/mol. The molecule has 0 saturated heterocycles. The maximum Gasteiger partial charge on any atom is 0.317 e. The van der Waals surface area contributed by atoms with Crippen LogP contribution in [0.5, 0.6) is 6.01 Å². The number of nitrogens with zero attached hydrogens (tertiary/aromatic N) is 2. The first kappa shape index (κ1) is 11.9. The van der Waals surface area contributed by atoms with Crippen molar-refractivity contribution in [2.45, 2.75) is 13.0 Å². The lowest BCUT2D eigenvalue weighted by atomic mass is 10.1.